The molecule has 2 N–H and O–H groups in total. The van der Waals surface area contributed by atoms with Crippen LogP contribution in [0.1, 0.15) is 0 Å². The average molecular weight is 101 g/mol. The second kappa shape index (κ2) is 1.57. The summed E-state index contributed by atoms with van der Waals surface area (Å²) in [6.45, 7) is 0. The van der Waals surface area contributed by atoms with E-state index in [4.69, 9.17) is 5.26 Å². The van der Waals surface area contributed by atoms with Gasteiger partial charge in [0.1, 0.15) is 0 Å². The van der Waals surface area contributed by atoms with Gasteiger partial charge < -0.3 is 4.89 Å². The van der Waals surface area contributed by atoms with Gasteiger partial charge in [0.15, 0.2) is 0 Å². The van der Waals surface area contributed by atoms with Gasteiger partial charge in [-0.2, -0.15) is 0 Å². The van der Waals surface area contributed by atoms with Crippen molar-refractivity contribution in [3.8, 4) is 5.88 Å². The smallest absolute Gasteiger partial charge is 0.293 e. The molecule has 1 aromatic heterocycles. The molecule has 7 heavy (non-hydrogen) atoms. The minimum absolute atomic E-state index is 0.0694. The molecule has 0 aliphatic heterocycles. The highest BCUT2D eigenvalue weighted by atomic mass is 17.1. The lowest BCUT2D eigenvalue weighted by Gasteiger charge is -1.78. The van der Waals surface area contributed by atoms with Crippen molar-refractivity contribution >= 4 is 0 Å². The summed E-state index contributed by atoms with van der Waals surface area (Å²) < 4.78 is 0. The molecule has 0 unspecified atom stereocenters. The van der Waals surface area contributed by atoms with Crippen LogP contribution >= 0.6 is 0 Å². The van der Waals surface area contributed by atoms with Crippen molar-refractivity contribution in [2.45, 2.75) is 0 Å². The van der Waals surface area contributed by atoms with Gasteiger partial charge in [-0.05, 0) is 0 Å². The van der Waals surface area contributed by atoms with E-state index in [1.54, 1.807) is 0 Å². The summed E-state index contributed by atoms with van der Waals surface area (Å²) in [5, 5.41) is 16.6. The second-order valence-electron chi connectivity index (χ2n) is 0.903. The summed E-state index contributed by atoms with van der Waals surface area (Å²) in [6, 6.07) is 0. The quantitative estimate of drug-likeness (QED) is 0.375. The molecular weight excluding hydrogens is 98.0 g/mol. The minimum Gasteiger partial charge on any atom is -0.316 e. The summed E-state index contributed by atoms with van der Waals surface area (Å²) in [4.78, 5) is 3.65. The monoisotopic (exact) mass is 101 g/mol. The maximum Gasteiger partial charge on any atom is 0.293 e. The first-order valence-corrected chi connectivity index (χ1v) is 1.61. The van der Waals surface area contributed by atoms with E-state index in [-0.39, 0.29) is 5.88 Å². The van der Waals surface area contributed by atoms with E-state index in [1.165, 1.54) is 6.20 Å². The lowest BCUT2D eigenvalue weighted by atomic mass is 10.9. The molecule has 0 fully saturated rings. The Labute approximate surface area is 38.9 Å². The number of aromatic amines is 1. The van der Waals surface area contributed by atoms with Crippen LogP contribution in [0, 0.1) is 0 Å². The minimum atomic E-state index is 0.0694. The van der Waals surface area contributed by atoms with Crippen LogP contribution < -0.4 is 4.89 Å². The lowest BCUT2D eigenvalue weighted by Crippen LogP contribution is -1.81. The topological polar surface area (TPSA) is 71.0 Å². The highest BCUT2D eigenvalue weighted by Gasteiger charge is 1.88. The van der Waals surface area contributed by atoms with Crippen LogP contribution in [0.15, 0.2) is 6.20 Å². The molecule has 0 radical (unpaired) electrons. The first-order valence-electron chi connectivity index (χ1n) is 1.61. The number of H-pyrrole nitrogens is 1. The van der Waals surface area contributed by atoms with Gasteiger partial charge in [-0.25, -0.2) is 5.26 Å². The Bertz CT molecular complexity index is 125. The van der Waals surface area contributed by atoms with Crippen LogP contribution in [-0.4, -0.2) is 20.7 Å². The zero-order chi connectivity index (χ0) is 5.11. The molecule has 1 rings (SSSR count). The van der Waals surface area contributed by atoms with E-state index < -0.39 is 0 Å². The summed E-state index contributed by atoms with van der Waals surface area (Å²) in [5.41, 5.74) is 0. The van der Waals surface area contributed by atoms with E-state index in [0.29, 0.717) is 0 Å². The standard InChI is InChI=1S/C2H3N3O2/c6-7-2-1-3-5-4-2/h1,6H,(H,3,4,5). The third-order valence-corrected chi connectivity index (χ3v) is 0.488. The Morgan fingerprint density at radius 1 is 1.86 bits per heavy atom. The Kier molecular flexibility index (Phi) is 0.910. The van der Waals surface area contributed by atoms with Crippen molar-refractivity contribution in [3.05, 3.63) is 6.20 Å². The maximum absolute atomic E-state index is 7.80. The number of nitrogens with zero attached hydrogens (tertiary/aromatic N) is 2. The van der Waals surface area contributed by atoms with Gasteiger partial charge in [-0.3, -0.25) is 5.10 Å². The molecule has 1 heterocycles. The predicted molar refractivity (Wildman–Crippen MR) is 19.6 cm³/mol. The Morgan fingerprint density at radius 3 is 3.00 bits per heavy atom. The Morgan fingerprint density at radius 2 is 2.71 bits per heavy atom. The fraction of sp³-hybridized carbons (Fsp3) is 0. The highest BCUT2D eigenvalue weighted by molar-refractivity contribution is 4.94. The summed E-state index contributed by atoms with van der Waals surface area (Å²) >= 11 is 0. The molecule has 0 amide bonds. The number of nitrogens with one attached hydrogen (secondary N) is 1. The molecule has 0 aromatic carbocycles. The number of hydrogen-bond acceptors (Lipinski definition) is 4. The van der Waals surface area contributed by atoms with Crippen LogP contribution in [0.25, 0.3) is 0 Å². The molecule has 5 nitrogen and oxygen atoms in total. The molecule has 0 aliphatic rings. The number of hydrogen-bond donors (Lipinski definition) is 2. The number of rotatable bonds is 1. The fourth-order valence-corrected chi connectivity index (χ4v) is 0.236. The largest absolute Gasteiger partial charge is 0.316 e. The fourth-order valence-electron chi connectivity index (χ4n) is 0.236. The Balaban J connectivity index is 2.76. The molecule has 1 aromatic rings. The van der Waals surface area contributed by atoms with Crippen molar-refractivity contribution in [2.24, 2.45) is 0 Å². The molecule has 0 aliphatic carbocycles. The van der Waals surface area contributed by atoms with Gasteiger partial charge in [0.05, 0.1) is 6.20 Å². The van der Waals surface area contributed by atoms with Gasteiger partial charge in [-0.15, -0.1) is 0 Å². The zero-order valence-corrected chi connectivity index (χ0v) is 3.33. The molecular formula is C2H3N3O2. The molecule has 0 saturated carbocycles. The highest BCUT2D eigenvalue weighted by Crippen LogP contribution is 1.94. The third kappa shape index (κ3) is 0.660. The van der Waals surface area contributed by atoms with Crippen molar-refractivity contribution in [2.75, 3.05) is 0 Å². The molecule has 0 saturated heterocycles. The van der Waals surface area contributed by atoms with E-state index in [2.05, 4.69) is 20.3 Å². The van der Waals surface area contributed by atoms with E-state index in [1.807, 2.05) is 0 Å². The molecule has 5 heteroatoms. The van der Waals surface area contributed by atoms with E-state index >= 15 is 0 Å². The van der Waals surface area contributed by atoms with Crippen LogP contribution in [0.4, 0.5) is 0 Å². The van der Waals surface area contributed by atoms with Crippen molar-refractivity contribution in [3.63, 3.8) is 0 Å². The molecule has 38 valence electrons. The van der Waals surface area contributed by atoms with Crippen LogP contribution in [0.5, 0.6) is 5.88 Å². The molecule has 0 bridgehead atoms. The number of aromatic nitrogens is 3. The summed E-state index contributed by atoms with van der Waals surface area (Å²) in [5.74, 6) is 0.0694. The van der Waals surface area contributed by atoms with Crippen molar-refractivity contribution in [1.29, 1.82) is 0 Å². The summed E-state index contributed by atoms with van der Waals surface area (Å²) in [6.07, 6.45) is 1.32. The normalized spacial score (nSPS) is 8.71. The van der Waals surface area contributed by atoms with Gasteiger partial charge in [0, 0.05) is 0 Å². The lowest BCUT2D eigenvalue weighted by molar-refractivity contribution is -0.141. The van der Waals surface area contributed by atoms with Crippen molar-refractivity contribution < 1.29 is 10.1 Å². The second-order valence-corrected chi connectivity index (χ2v) is 0.903. The first-order chi connectivity index (χ1) is 3.43. The van der Waals surface area contributed by atoms with Crippen LogP contribution in [0.2, 0.25) is 0 Å². The average Bonchev–Trinajstić information content (AvgIpc) is 2.14. The van der Waals surface area contributed by atoms with Gasteiger partial charge in [0.2, 0.25) is 0 Å². The Hall–Kier alpha value is -1.10. The zero-order valence-electron chi connectivity index (χ0n) is 3.33. The van der Waals surface area contributed by atoms with E-state index in [0.717, 1.165) is 0 Å². The molecule has 0 atom stereocenters. The SMILES string of the molecule is OOc1c[nH]nn1. The van der Waals surface area contributed by atoms with Gasteiger partial charge >= 0.3 is 0 Å². The first kappa shape index (κ1) is 4.07. The van der Waals surface area contributed by atoms with Gasteiger partial charge in [-0.1, -0.05) is 10.3 Å². The predicted octanol–water partition coefficient (Wildman–Crippen LogP) is -0.344. The van der Waals surface area contributed by atoms with E-state index in [9.17, 15) is 0 Å². The van der Waals surface area contributed by atoms with Crippen LogP contribution in [0.3, 0.4) is 0 Å². The van der Waals surface area contributed by atoms with Gasteiger partial charge in [0.25, 0.3) is 5.88 Å². The molecule has 0 spiro atoms. The van der Waals surface area contributed by atoms with Crippen molar-refractivity contribution in [1.82, 2.24) is 15.4 Å². The summed E-state index contributed by atoms with van der Waals surface area (Å²) in [7, 11) is 0. The maximum atomic E-state index is 7.80. The van der Waals surface area contributed by atoms with Crippen LogP contribution in [-0.2, 0) is 0 Å². The third-order valence-electron chi connectivity index (χ3n) is 0.488.